The molecule has 0 aromatic rings. The van der Waals surface area contributed by atoms with Gasteiger partial charge in [-0.2, -0.15) is 12.6 Å². The number of nitrogens with zero attached hydrogens (tertiary/aromatic N) is 1. The maximum absolute atomic E-state index is 11.4. The molecule has 2 amide bonds. The van der Waals surface area contributed by atoms with Crippen molar-refractivity contribution in [1.29, 1.82) is 0 Å². The van der Waals surface area contributed by atoms with Crippen LogP contribution in [-0.2, 0) is 9.59 Å². The van der Waals surface area contributed by atoms with Gasteiger partial charge in [0.2, 0.25) is 11.8 Å². The van der Waals surface area contributed by atoms with Gasteiger partial charge >= 0.3 is 0 Å². The summed E-state index contributed by atoms with van der Waals surface area (Å²) in [5.74, 6) is -0.209. The lowest BCUT2D eigenvalue weighted by atomic mass is 10.3. The minimum absolute atomic E-state index is 0.0855. The minimum Gasteiger partial charge on any atom is -0.344 e. The van der Waals surface area contributed by atoms with Crippen LogP contribution in [0.2, 0.25) is 0 Å². The third-order valence-corrected chi connectivity index (χ3v) is 2.03. The lowest BCUT2D eigenvalue weighted by Crippen LogP contribution is -2.45. The third-order valence-electron chi connectivity index (χ3n) is 1.74. The number of nitrogens with one attached hydrogen (secondary N) is 1. The molecule has 0 aliphatic rings. The summed E-state index contributed by atoms with van der Waals surface area (Å²) in [4.78, 5) is 23.9. The van der Waals surface area contributed by atoms with Gasteiger partial charge in [0.05, 0.1) is 5.75 Å². The van der Waals surface area contributed by atoms with Crippen molar-refractivity contribution in [2.45, 2.75) is 19.9 Å². The lowest BCUT2D eigenvalue weighted by Gasteiger charge is -2.20. The van der Waals surface area contributed by atoms with Crippen LogP contribution in [0.25, 0.3) is 0 Å². The quantitative estimate of drug-likeness (QED) is 0.628. The standard InChI is InChI=1S/C8H16N2O2S/c1-4-10(3)8(12)6(2)9-7(11)5-13/h6,13H,4-5H2,1-3H3,(H,9,11). The Balaban J connectivity index is 4.03. The molecule has 0 aromatic carbocycles. The maximum Gasteiger partial charge on any atom is 0.244 e. The Hall–Kier alpha value is -0.710. The molecule has 13 heavy (non-hydrogen) atoms. The zero-order chi connectivity index (χ0) is 10.4. The van der Waals surface area contributed by atoms with Gasteiger partial charge in [0.25, 0.3) is 0 Å². The Morgan fingerprint density at radius 1 is 1.54 bits per heavy atom. The van der Waals surface area contributed by atoms with Crippen molar-refractivity contribution in [1.82, 2.24) is 10.2 Å². The molecule has 0 aliphatic heterocycles. The van der Waals surface area contributed by atoms with Crippen molar-refractivity contribution in [3.05, 3.63) is 0 Å². The molecule has 1 N–H and O–H groups in total. The van der Waals surface area contributed by atoms with E-state index in [0.29, 0.717) is 6.54 Å². The largest absolute Gasteiger partial charge is 0.344 e. The van der Waals surface area contributed by atoms with Gasteiger partial charge in [-0.1, -0.05) is 0 Å². The fraction of sp³-hybridized carbons (Fsp3) is 0.750. The summed E-state index contributed by atoms with van der Waals surface area (Å²) in [6, 6.07) is -0.468. The molecular formula is C8H16N2O2S. The molecule has 4 nitrogen and oxygen atoms in total. The van der Waals surface area contributed by atoms with E-state index >= 15 is 0 Å². The van der Waals surface area contributed by atoms with Crippen LogP contribution in [0.3, 0.4) is 0 Å². The van der Waals surface area contributed by atoms with Crippen LogP contribution >= 0.6 is 12.6 Å². The first-order chi connectivity index (χ1) is 6.02. The van der Waals surface area contributed by atoms with Gasteiger partial charge in [0.1, 0.15) is 6.04 Å². The molecule has 0 heterocycles. The van der Waals surface area contributed by atoms with Crippen molar-refractivity contribution >= 4 is 24.4 Å². The zero-order valence-electron chi connectivity index (χ0n) is 8.20. The van der Waals surface area contributed by atoms with Crippen molar-refractivity contribution < 1.29 is 9.59 Å². The van der Waals surface area contributed by atoms with Gasteiger partial charge in [-0.25, -0.2) is 0 Å². The number of hydrogen-bond acceptors (Lipinski definition) is 3. The Labute approximate surface area is 84.1 Å². The van der Waals surface area contributed by atoms with Crippen molar-refractivity contribution in [2.24, 2.45) is 0 Å². The SMILES string of the molecule is CCN(C)C(=O)C(C)NC(=O)CS. The van der Waals surface area contributed by atoms with Gasteiger partial charge in [0, 0.05) is 13.6 Å². The number of likely N-dealkylation sites (N-methyl/N-ethyl adjacent to an activating group) is 1. The van der Waals surface area contributed by atoms with E-state index in [2.05, 4.69) is 17.9 Å². The molecule has 0 saturated heterocycles. The number of rotatable bonds is 4. The number of carbonyl (C=O) groups excluding carboxylic acids is 2. The van der Waals surface area contributed by atoms with E-state index in [4.69, 9.17) is 0 Å². The second kappa shape index (κ2) is 5.85. The molecule has 0 spiro atoms. The topological polar surface area (TPSA) is 49.4 Å². The van der Waals surface area contributed by atoms with E-state index in [1.165, 1.54) is 0 Å². The summed E-state index contributed by atoms with van der Waals surface area (Å²) in [5.41, 5.74) is 0. The minimum atomic E-state index is -0.468. The Morgan fingerprint density at radius 2 is 2.08 bits per heavy atom. The fourth-order valence-corrected chi connectivity index (χ4v) is 0.927. The molecule has 0 fully saturated rings. The van der Waals surface area contributed by atoms with Gasteiger partial charge < -0.3 is 10.2 Å². The Kier molecular flexibility index (Phi) is 5.53. The summed E-state index contributed by atoms with van der Waals surface area (Å²) < 4.78 is 0. The molecule has 1 unspecified atom stereocenters. The second-order valence-corrected chi connectivity index (χ2v) is 3.12. The summed E-state index contributed by atoms with van der Waals surface area (Å²) >= 11 is 3.80. The Bertz CT molecular complexity index is 197. The molecule has 0 saturated carbocycles. The van der Waals surface area contributed by atoms with Crippen LogP contribution in [0.1, 0.15) is 13.8 Å². The second-order valence-electron chi connectivity index (χ2n) is 2.80. The number of thiol groups is 1. The molecule has 76 valence electrons. The average molecular weight is 204 g/mol. The monoisotopic (exact) mass is 204 g/mol. The summed E-state index contributed by atoms with van der Waals surface area (Å²) in [6.45, 7) is 4.18. The lowest BCUT2D eigenvalue weighted by molar-refractivity contribution is -0.134. The van der Waals surface area contributed by atoms with E-state index in [9.17, 15) is 9.59 Å². The highest BCUT2D eigenvalue weighted by molar-refractivity contribution is 7.81. The molecule has 0 bridgehead atoms. The van der Waals surface area contributed by atoms with Crippen LogP contribution in [0.4, 0.5) is 0 Å². The van der Waals surface area contributed by atoms with Crippen LogP contribution in [0.5, 0.6) is 0 Å². The molecular weight excluding hydrogens is 188 g/mol. The zero-order valence-corrected chi connectivity index (χ0v) is 9.10. The summed E-state index contributed by atoms with van der Waals surface area (Å²) in [7, 11) is 1.70. The molecule has 1 atom stereocenters. The summed E-state index contributed by atoms with van der Waals surface area (Å²) in [5, 5.41) is 2.54. The molecule has 0 rings (SSSR count). The van der Waals surface area contributed by atoms with E-state index in [1.807, 2.05) is 6.92 Å². The van der Waals surface area contributed by atoms with E-state index in [1.54, 1.807) is 18.9 Å². The van der Waals surface area contributed by atoms with Crippen molar-refractivity contribution in [2.75, 3.05) is 19.3 Å². The first kappa shape index (κ1) is 12.3. The average Bonchev–Trinajstić information content (AvgIpc) is 2.14. The van der Waals surface area contributed by atoms with Crippen LogP contribution in [-0.4, -0.2) is 42.1 Å². The highest BCUT2D eigenvalue weighted by Gasteiger charge is 2.17. The van der Waals surface area contributed by atoms with Crippen LogP contribution < -0.4 is 5.32 Å². The van der Waals surface area contributed by atoms with Crippen molar-refractivity contribution in [3.8, 4) is 0 Å². The molecule has 5 heteroatoms. The predicted octanol–water partition coefficient (Wildman–Crippen LogP) is -0.101. The van der Waals surface area contributed by atoms with Crippen molar-refractivity contribution in [3.63, 3.8) is 0 Å². The molecule has 0 aliphatic carbocycles. The predicted molar refractivity (Wildman–Crippen MR) is 54.8 cm³/mol. The number of carbonyl (C=O) groups is 2. The first-order valence-electron chi connectivity index (χ1n) is 4.18. The third kappa shape index (κ3) is 4.17. The summed E-state index contributed by atoms with van der Waals surface area (Å²) in [6.07, 6.45) is 0. The molecule has 0 aromatic heterocycles. The Morgan fingerprint density at radius 3 is 2.46 bits per heavy atom. The van der Waals surface area contributed by atoms with E-state index in [0.717, 1.165) is 0 Å². The van der Waals surface area contributed by atoms with Crippen LogP contribution in [0, 0.1) is 0 Å². The first-order valence-corrected chi connectivity index (χ1v) is 4.81. The van der Waals surface area contributed by atoms with Gasteiger partial charge in [-0.05, 0) is 13.8 Å². The number of hydrogen-bond donors (Lipinski definition) is 2. The smallest absolute Gasteiger partial charge is 0.244 e. The maximum atomic E-state index is 11.4. The van der Waals surface area contributed by atoms with Crippen LogP contribution in [0.15, 0.2) is 0 Å². The fourth-order valence-electron chi connectivity index (χ4n) is 0.835. The normalized spacial score (nSPS) is 12.0. The number of amides is 2. The van der Waals surface area contributed by atoms with Gasteiger partial charge in [-0.15, -0.1) is 0 Å². The highest BCUT2D eigenvalue weighted by Crippen LogP contribution is 1.91. The van der Waals surface area contributed by atoms with Gasteiger partial charge in [0.15, 0.2) is 0 Å². The van der Waals surface area contributed by atoms with Gasteiger partial charge in [-0.3, -0.25) is 9.59 Å². The van der Waals surface area contributed by atoms with E-state index < -0.39 is 6.04 Å². The molecule has 0 radical (unpaired) electrons. The van der Waals surface area contributed by atoms with E-state index in [-0.39, 0.29) is 17.6 Å². The highest BCUT2D eigenvalue weighted by atomic mass is 32.1.